The van der Waals surface area contributed by atoms with Crippen molar-refractivity contribution >= 4 is 11.0 Å². The van der Waals surface area contributed by atoms with Gasteiger partial charge >= 0.3 is 0 Å². The van der Waals surface area contributed by atoms with Gasteiger partial charge in [-0.2, -0.15) is 0 Å². The fourth-order valence-electron chi connectivity index (χ4n) is 3.51. The standard InChI is InChI=1S/C23H32N2O4S/c1-27-21-7-5-20(6-8-21)19-24-13-3-15-25(16-18-29-17-4-14-24)30(26)23-11-9-22(28-2)10-12-23/h5-12H,3-4,13-19H2,1-2H3. The molecule has 3 rings (SSSR count). The van der Waals surface area contributed by atoms with Crippen LogP contribution in [0.5, 0.6) is 11.5 Å². The third kappa shape index (κ3) is 6.80. The second-order valence-corrected chi connectivity index (χ2v) is 8.78. The van der Waals surface area contributed by atoms with Crippen molar-refractivity contribution in [3.63, 3.8) is 0 Å². The maximum absolute atomic E-state index is 13.1. The predicted octanol–water partition coefficient (Wildman–Crippen LogP) is 3.34. The molecule has 0 aliphatic carbocycles. The van der Waals surface area contributed by atoms with Crippen LogP contribution in [0.4, 0.5) is 0 Å². The number of methoxy groups -OCH3 is 2. The molecular formula is C23H32N2O4S. The van der Waals surface area contributed by atoms with Crippen LogP contribution in [0.25, 0.3) is 0 Å². The van der Waals surface area contributed by atoms with Crippen molar-refractivity contribution in [2.45, 2.75) is 24.3 Å². The molecule has 1 atom stereocenters. The molecule has 1 heterocycles. The topological polar surface area (TPSA) is 51.2 Å². The Morgan fingerprint density at radius 2 is 1.47 bits per heavy atom. The predicted molar refractivity (Wildman–Crippen MR) is 119 cm³/mol. The average Bonchev–Trinajstić information content (AvgIpc) is 2.84. The molecule has 1 saturated heterocycles. The van der Waals surface area contributed by atoms with Crippen LogP contribution in [0.2, 0.25) is 0 Å². The van der Waals surface area contributed by atoms with E-state index in [-0.39, 0.29) is 0 Å². The first-order valence-electron chi connectivity index (χ1n) is 10.4. The monoisotopic (exact) mass is 432 g/mol. The third-order valence-corrected chi connectivity index (χ3v) is 6.70. The van der Waals surface area contributed by atoms with Crippen molar-refractivity contribution < 1.29 is 18.4 Å². The van der Waals surface area contributed by atoms with Gasteiger partial charge < -0.3 is 14.2 Å². The fraction of sp³-hybridized carbons (Fsp3) is 0.478. The normalized spacial score (nSPS) is 18.3. The van der Waals surface area contributed by atoms with Gasteiger partial charge in [-0.3, -0.25) is 4.90 Å². The third-order valence-electron chi connectivity index (χ3n) is 5.19. The molecule has 1 aliphatic heterocycles. The van der Waals surface area contributed by atoms with Crippen molar-refractivity contribution in [3.8, 4) is 11.5 Å². The Labute approximate surface area is 182 Å². The summed E-state index contributed by atoms with van der Waals surface area (Å²) < 4.78 is 31.4. The molecule has 30 heavy (non-hydrogen) atoms. The summed E-state index contributed by atoms with van der Waals surface area (Å²) in [5.41, 5.74) is 1.27. The van der Waals surface area contributed by atoms with Gasteiger partial charge in [0.15, 0.2) is 0 Å². The van der Waals surface area contributed by atoms with E-state index in [9.17, 15) is 4.21 Å². The quantitative estimate of drug-likeness (QED) is 0.701. The Bertz CT molecular complexity index is 783. The van der Waals surface area contributed by atoms with E-state index in [1.54, 1.807) is 14.2 Å². The van der Waals surface area contributed by atoms with Crippen LogP contribution in [0.3, 0.4) is 0 Å². The van der Waals surface area contributed by atoms with Crippen molar-refractivity contribution in [2.24, 2.45) is 0 Å². The molecule has 0 radical (unpaired) electrons. The summed E-state index contributed by atoms with van der Waals surface area (Å²) in [6, 6.07) is 15.7. The van der Waals surface area contributed by atoms with Crippen LogP contribution in [0, 0.1) is 0 Å². The van der Waals surface area contributed by atoms with Gasteiger partial charge in [0.05, 0.1) is 25.7 Å². The lowest BCUT2D eigenvalue weighted by molar-refractivity contribution is 0.117. The van der Waals surface area contributed by atoms with Gasteiger partial charge in [-0.05, 0) is 61.3 Å². The van der Waals surface area contributed by atoms with Crippen LogP contribution in [0.1, 0.15) is 18.4 Å². The largest absolute Gasteiger partial charge is 0.497 e. The zero-order chi connectivity index (χ0) is 21.2. The summed E-state index contributed by atoms with van der Waals surface area (Å²) in [6.07, 6.45) is 1.95. The van der Waals surface area contributed by atoms with E-state index in [1.807, 2.05) is 40.7 Å². The van der Waals surface area contributed by atoms with Gasteiger partial charge in [0.25, 0.3) is 0 Å². The Balaban J connectivity index is 1.60. The zero-order valence-electron chi connectivity index (χ0n) is 17.9. The smallest absolute Gasteiger partial charge is 0.127 e. The lowest BCUT2D eigenvalue weighted by atomic mass is 10.2. The summed E-state index contributed by atoms with van der Waals surface area (Å²) >= 11 is 0. The minimum absolute atomic E-state index is 0.598. The van der Waals surface area contributed by atoms with Gasteiger partial charge in [0.2, 0.25) is 0 Å². The second kappa shape index (κ2) is 12.1. The summed E-state index contributed by atoms with van der Waals surface area (Å²) in [5, 5.41) is 0. The maximum Gasteiger partial charge on any atom is 0.127 e. The number of ether oxygens (including phenoxy) is 3. The molecule has 2 aromatic rings. The van der Waals surface area contributed by atoms with Crippen LogP contribution in [-0.4, -0.2) is 67.0 Å². The lowest BCUT2D eigenvalue weighted by Gasteiger charge is -2.24. The minimum atomic E-state index is -1.21. The Hall–Kier alpha value is -1.93. The van der Waals surface area contributed by atoms with E-state index in [0.29, 0.717) is 13.2 Å². The molecule has 1 aliphatic rings. The molecule has 0 amide bonds. The van der Waals surface area contributed by atoms with Gasteiger partial charge in [-0.15, -0.1) is 0 Å². The van der Waals surface area contributed by atoms with Gasteiger partial charge in [0, 0.05) is 32.8 Å². The van der Waals surface area contributed by atoms with Crippen LogP contribution >= 0.6 is 0 Å². The Morgan fingerprint density at radius 1 is 0.833 bits per heavy atom. The molecule has 0 bridgehead atoms. The first-order valence-corrected chi connectivity index (χ1v) is 11.5. The fourth-order valence-corrected chi connectivity index (χ4v) is 4.71. The summed E-state index contributed by atoms with van der Waals surface area (Å²) in [6.45, 7) is 5.60. The number of hydrogen-bond acceptors (Lipinski definition) is 5. The SMILES string of the molecule is COc1ccc(CN2CCCOCCN(S(=O)c3ccc(OC)cc3)CCC2)cc1. The highest BCUT2D eigenvalue weighted by Gasteiger charge is 2.17. The molecule has 7 heteroatoms. The molecule has 1 fully saturated rings. The maximum atomic E-state index is 13.1. The molecule has 1 unspecified atom stereocenters. The first-order chi connectivity index (χ1) is 14.7. The second-order valence-electron chi connectivity index (χ2n) is 7.30. The molecule has 0 spiro atoms. The van der Waals surface area contributed by atoms with E-state index >= 15 is 0 Å². The van der Waals surface area contributed by atoms with Crippen molar-refractivity contribution in [2.75, 3.05) is 53.6 Å². The summed E-state index contributed by atoms with van der Waals surface area (Å²) in [4.78, 5) is 3.24. The Morgan fingerprint density at radius 3 is 2.13 bits per heavy atom. The molecular weight excluding hydrogens is 400 g/mol. The number of rotatable bonds is 6. The van der Waals surface area contributed by atoms with E-state index in [1.165, 1.54) is 5.56 Å². The van der Waals surface area contributed by atoms with Crippen molar-refractivity contribution in [1.29, 1.82) is 0 Å². The molecule has 0 saturated carbocycles. The number of benzene rings is 2. The summed E-state index contributed by atoms with van der Waals surface area (Å²) in [7, 11) is 2.11. The van der Waals surface area contributed by atoms with Crippen LogP contribution in [-0.2, 0) is 22.3 Å². The molecule has 2 aromatic carbocycles. The molecule has 164 valence electrons. The summed E-state index contributed by atoms with van der Waals surface area (Å²) in [5.74, 6) is 1.65. The zero-order valence-corrected chi connectivity index (χ0v) is 18.7. The highest BCUT2D eigenvalue weighted by atomic mass is 32.2. The highest BCUT2D eigenvalue weighted by molar-refractivity contribution is 7.82. The van der Waals surface area contributed by atoms with Gasteiger partial charge in [0.1, 0.15) is 22.5 Å². The van der Waals surface area contributed by atoms with Crippen molar-refractivity contribution in [1.82, 2.24) is 9.21 Å². The van der Waals surface area contributed by atoms with Crippen molar-refractivity contribution in [3.05, 3.63) is 54.1 Å². The van der Waals surface area contributed by atoms with Crippen LogP contribution < -0.4 is 9.47 Å². The van der Waals surface area contributed by atoms with Gasteiger partial charge in [-0.25, -0.2) is 8.51 Å². The minimum Gasteiger partial charge on any atom is -0.497 e. The number of hydrogen-bond donors (Lipinski definition) is 0. The van der Waals surface area contributed by atoms with Gasteiger partial charge in [-0.1, -0.05) is 12.1 Å². The van der Waals surface area contributed by atoms with E-state index in [4.69, 9.17) is 14.2 Å². The lowest BCUT2D eigenvalue weighted by Crippen LogP contribution is -2.33. The Kier molecular flexibility index (Phi) is 9.14. The first kappa shape index (κ1) is 22.7. The number of nitrogens with zero attached hydrogens (tertiary/aromatic N) is 2. The van der Waals surface area contributed by atoms with E-state index in [2.05, 4.69) is 17.0 Å². The average molecular weight is 433 g/mol. The van der Waals surface area contributed by atoms with E-state index in [0.717, 1.165) is 62.0 Å². The molecule has 0 N–H and O–H groups in total. The highest BCUT2D eigenvalue weighted by Crippen LogP contribution is 2.18. The van der Waals surface area contributed by atoms with E-state index < -0.39 is 11.0 Å². The molecule has 6 nitrogen and oxygen atoms in total. The van der Waals surface area contributed by atoms with Crippen LogP contribution in [0.15, 0.2) is 53.4 Å². The molecule has 0 aromatic heterocycles.